The zero-order valence-electron chi connectivity index (χ0n) is 11.6. The first-order valence-corrected chi connectivity index (χ1v) is 6.93. The molecule has 0 aliphatic rings. The van der Waals surface area contributed by atoms with Gasteiger partial charge in [0, 0.05) is 16.3 Å². The number of nitrogens with zero attached hydrogens (tertiary/aromatic N) is 1. The van der Waals surface area contributed by atoms with Gasteiger partial charge in [-0.2, -0.15) is 0 Å². The van der Waals surface area contributed by atoms with Crippen LogP contribution in [0.2, 0.25) is 5.02 Å². The molecule has 0 aliphatic heterocycles. The molecule has 2 aromatic rings. The van der Waals surface area contributed by atoms with Crippen molar-refractivity contribution in [3.63, 3.8) is 0 Å². The van der Waals surface area contributed by atoms with Crippen molar-refractivity contribution in [2.24, 2.45) is 11.7 Å². The number of aromatic nitrogens is 2. The van der Waals surface area contributed by atoms with Gasteiger partial charge in [-0.1, -0.05) is 37.6 Å². The molecule has 0 amide bonds. The minimum atomic E-state index is -0.0419. The van der Waals surface area contributed by atoms with Crippen molar-refractivity contribution in [1.29, 1.82) is 0 Å². The molecule has 0 saturated carbocycles. The number of aryl methyl sites for hydroxylation is 1. The number of rotatable bonds is 4. The van der Waals surface area contributed by atoms with Crippen LogP contribution in [0.4, 0.5) is 0 Å². The minimum absolute atomic E-state index is 0.0419. The second-order valence-electron chi connectivity index (χ2n) is 5.34. The van der Waals surface area contributed by atoms with Crippen molar-refractivity contribution >= 4 is 11.6 Å². The summed E-state index contributed by atoms with van der Waals surface area (Å²) in [5.41, 5.74) is 9.21. The lowest BCUT2D eigenvalue weighted by Crippen LogP contribution is -2.14. The van der Waals surface area contributed by atoms with E-state index in [9.17, 15) is 0 Å². The fourth-order valence-electron chi connectivity index (χ4n) is 2.17. The van der Waals surface area contributed by atoms with Gasteiger partial charge in [0.15, 0.2) is 0 Å². The summed E-state index contributed by atoms with van der Waals surface area (Å²) in [6.07, 6.45) is 0.924. The average Bonchev–Trinajstić information content (AvgIpc) is 2.72. The Bertz CT molecular complexity index is 543. The second-order valence-corrected chi connectivity index (χ2v) is 5.78. The van der Waals surface area contributed by atoms with Crippen LogP contribution in [0.15, 0.2) is 24.3 Å². The molecule has 0 spiro atoms. The monoisotopic (exact) mass is 277 g/mol. The molecule has 3 nitrogen and oxygen atoms in total. The first-order valence-electron chi connectivity index (χ1n) is 6.55. The van der Waals surface area contributed by atoms with E-state index in [0.29, 0.717) is 5.92 Å². The largest absolute Gasteiger partial charge is 0.344 e. The number of H-pyrrole nitrogens is 1. The van der Waals surface area contributed by atoms with Crippen molar-refractivity contribution in [3.8, 4) is 11.3 Å². The summed E-state index contributed by atoms with van der Waals surface area (Å²) in [6, 6.07) is 7.66. The number of halogens is 1. The lowest BCUT2D eigenvalue weighted by atomic mass is 10.0. The maximum Gasteiger partial charge on any atom is 0.124 e. The highest BCUT2D eigenvalue weighted by atomic mass is 35.5. The van der Waals surface area contributed by atoms with Gasteiger partial charge in [0.1, 0.15) is 5.82 Å². The maximum absolute atomic E-state index is 6.17. The first kappa shape index (κ1) is 14.1. The third kappa shape index (κ3) is 3.37. The zero-order valence-corrected chi connectivity index (χ0v) is 12.3. The Kier molecular flexibility index (Phi) is 4.27. The topological polar surface area (TPSA) is 54.7 Å². The number of benzene rings is 1. The Morgan fingerprint density at radius 2 is 1.89 bits per heavy atom. The van der Waals surface area contributed by atoms with Crippen LogP contribution in [0, 0.1) is 12.8 Å². The number of hydrogen-bond donors (Lipinski definition) is 2. The molecule has 0 aliphatic carbocycles. The van der Waals surface area contributed by atoms with Crippen LogP contribution in [0.5, 0.6) is 0 Å². The summed E-state index contributed by atoms with van der Waals surface area (Å²) in [5, 5.41) is 0.730. The van der Waals surface area contributed by atoms with E-state index in [0.717, 1.165) is 34.2 Å². The summed E-state index contributed by atoms with van der Waals surface area (Å²) in [7, 11) is 0. The lowest BCUT2D eigenvalue weighted by Gasteiger charge is -2.10. The first-order chi connectivity index (χ1) is 8.97. The predicted molar refractivity (Wildman–Crippen MR) is 80.2 cm³/mol. The third-order valence-corrected chi connectivity index (χ3v) is 3.35. The Hall–Kier alpha value is -1.32. The molecule has 1 heterocycles. The van der Waals surface area contributed by atoms with Gasteiger partial charge in [-0.25, -0.2) is 4.98 Å². The van der Waals surface area contributed by atoms with E-state index in [-0.39, 0.29) is 6.04 Å². The molecule has 4 heteroatoms. The van der Waals surface area contributed by atoms with Crippen molar-refractivity contribution in [2.75, 3.05) is 0 Å². The van der Waals surface area contributed by atoms with Gasteiger partial charge in [0.25, 0.3) is 0 Å². The summed E-state index contributed by atoms with van der Waals surface area (Å²) >= 11 is 5.90. The van der Waals surface area contributed by atoms with Crippen LogP contribution in [-0.4, -0.2) is 9.97 Å². The molecule has 19 heavy (non-hydrogen) atoms. The van der Waals surface area contributed by atoms with Gasteiger partial charge in [-0.15, -0.1) is 0 Å². The number of nitrogens with one attached hydrogen (secondary N) is 1. The number of nitrogens with two attached hydrogens (primary N) is 1. The van der Waals surface area contributed by atoms with Crippen LogP contribution >= 0.6 is 11.6 Å². The molecule has 0 fully saturated rings. The van der Waals surface area contributed by atoms with E-state index < -0.39 is 0 Å². The molecular formula is C15H20ClN3. The molecule has 102 valence electrons. The fourth-order valence-corrected chi connectivity index (χ4v) is 2.29. The fraction of sp³-hybridized carbons (Fsp3) is 0.400. The molecule has 3 N–H and O–H groups in total. The standard InChI is InChI=1S/C15H20ClN3/c1-9(2)8-13(17)15-18-10(3)14(19-15)11-4-6-12(16)7-5-11/h4-7,9,13H,8,17H2,1-3H3,(H,18,19). The second kappa shape index (κ2) is 5.76. The van der Waals surface area contributed by atoms with Crippen LogP contribution in [0.25, 0.3) is 11.3 Å². The van der Waals surface area contributed by atoms with Crippen molar-refractivity contribution < 1.29 is 0 Å². The van der Waals surface area contributed by atoms with E-state index in [2.05, 4.69) is 23.8 Å². The molecule has 0 saturated heterocycles. The van der Waals surface area contributed by atoms with E-state index >= 15 is 0 Å². The highest BCUT2D eigenvalue weighted by molar-refractivity contribution is 6.30. The van der Waals surface area contributed by atoms with Gasteiger partial charge in [-0.3, -0.25) is 0 Å². The molecular weight excluding hydrogens is 258 g/mol. The number of hydrogen-bond acceptors (Lipinski definition) is 2. The zero-order chi connectivity index (χ0) is 14.0. The molecule has 1 aromatic heterocycles. The van der Waals surface area contributed by atoms with Crippen LogP contribution in [0.3, 0.4) is 0 Å². The smallest absolute Gasteiger partial charge is 0.124 e. The molecule has 1 aromatic carbocycles. The SMILES string of the molecule is Cc1[nH]c(C(N)CC(C)C)nc1-c1ccc(Cl)cc1. The van der Waals surface area contributed by atoms with Gasteiger partial charge >= 0.3 is 0 Å². The Labute approximate surface area is 119 Å². The van der Waals surface area contributed by atoms with Gasteiger partial charge in [0.05, 0.1) is 11.7 Å². The molecule has 0 radical (unpaired) electrons. The average molecular weight is 278 g/mol. The van der Waals surface area contributed by atoms with Crippen molar-refractivity contribution in [1.82, 2.24) is 9.97 Å². The maximum atomic E-state index is 6.17. The molecule has 1 unspecified atom stereocenters. The number of aromatic amines is 1. The van der Waals surface area contributed by atoms with E-state index in [4.69, 9.17) is 17.3 Å². The van der Waals surface area contributed by atoms with Crippen molar-refractivity contribution in [2.45, 2.75) is 33.2 Å². The summed E-state index contributed by atoms with van der Waals surface area (Å²) in [4.78, 5) is 7.93. The van der Waals surface area contributed by atoms with Gasteiger partial charge < -0.3 is 10.7 Å². The Morgan fingerprint density at radius 3 is 2.47 bits per heavy atom. The lowest BCUT2D eigenvalue weighted by molar-refractivity contribution is 0.495. The van der Waals surface area contributed by atoms with E-state index in [1.54, 1.807) is 0 Å². The molecule has 2 rings (SSSR count). The highest BCUT2D eigenvalue weighted by Gasteiger charge is 2.15. The van der Waals surface area contributed by atoms with Crippen LogP contribution in [-0.2, 0) is 0 Å². The molecule has 0 bridgehead atoms. The Balaban J connectivity index is 2.28. The Morgan fingerprint density at radius 1 is 1.26 bits per heavy atom. The normalized spacial score (nSPS) is 12.9. The van der Waals surface area contributed by atoms with Crippen LogP contribution < -0.4 is 5.73 Å². The van der Waals surface area contributed by atoms with E-state index in [1.807, 2.05) is 31.2 Å². The minimum Gasteiger partial charge on any atom is -0.344 e. The van der Waals surface area contributed by atoms with Crippen LogP contribution in [0.1, 0.15) is 37.8 Å². The summed E-state index contributed by atoms with van der Waals surface area (Å²) in [5.74, 6) is 1.41. The van der Waals surface area contributed by atoms with Crippen molar-refractivity contribution in [3.05, 3.63) is 40.8 Å². The summed E-state index contributed by atoms with van der Waals surface area (Å²) in [6.45, 7) is 6.34. The molecule has 1 atom stereocenters. The number of imidazole rings is 1. The quantitative estimate of drug-likeness (QED) is 0.884. The highest BCUT2D eigenvalue weighted by Crippen LogP contribution is 2.25. The third-order valence-electron chi connectivity index (χ3n) is 3.10. The van der Waals surface area contributed by atoms with Gasteiger partial charge in [-0.05, 0) is 31.4 Å². The predicted octanol–water partition coefficient (Wildman–Crippen LogP) is 4.08. The summed E-state index contributed by atoms with van der Waals surface area (Å²) < 4.78 is 0. The van der Waals surface area contributed by atoms with Gasteiger partial charge in [0.2, 0.25) is 0 Å². The van der Waals surface area contributed by atoms with E-state index in [1.165, 1.54) is 0 Å².